The highest BCUT2D eigenvalue weighted by Gasteiger charge is 2.14. The van der Waals surface area contributed by atoms with Crippen LogP contribution in [0, 0.1) is 0 Å². The maximum Gasteiger partial charge on any atom is 0.239 e. The summed E-state index contributed by atoms with van der Waals surface area (Å²) in [6, 6.07) is 9.86. The third-order valence-electron chi connectivity index (χ3n) is 2.94. The van der Waals surface area contributed by atoms with E-state index >= 15 is 0 Å². The Morgan fingerprint density at radius 3 is 2.61 bits per heavy atom. The van der Waals surface area contributed by atoms with Crippen LogP contribution in [0.15, 0.2) is 41.6 Å². The first-order valence-electron chi connectivity index (χ1n) is 7.39. The molecule has 0 aliphatic rings. The SMILES string of the molecule is CC(C)(C)NC(=O)CNC(=O)CSc1nccc2ccccc12. The number of hydrogen-bond acceptors (Lipinski definition) is 4. The van der Waals surface area contributed by atoms with Gasteiger partial charge in [-0.25, -0.2) is 4.98 Å². The lowest BCUT2D eigenvalue weighted by Gasteiger charge is -2.20. The normalized spacial score (nSPS) is 11.3. The molecule has 0 radical (unpaired) electrons. The molecular formula is C17H21N3O2S. The van der Waals surface area contributed by atoms with Gasteiger partial charge in [0.2, 0.25) is 11.8 Å². The van der Waals surface area contributed by atoms with Gasteiger partial charge in [-0.2, -0.15) is 0 Å². The highest BCUT2D eigenvalue weighted by Crippen LogP contribution is 2.25. The molecule has 1 aromatic heterocycles. The standard InChI is InChI=1S/C17H21N3O2S/c1-17(2,3)20-14(21)10-19-15(22)11-23-16-13-7-5-4-6-12(13)8-9-18-16/h4-9H,10-11H2,1-3H3,(H,19,22)(H,20,21). The van der Waals surface area contributed by atoms with E-state index < -0.39 is 0 Å². The van der Waals surface area contributed by atoms with Gasteiger partial charge >= 0.3 is 0 Å². The molecule has 2 rings (SSSR count). The van der Waals surface area contributed by atoms with Crippen LogP contribution in [-0.2, 0) is 9.59 Å². The zero-order valence-electron chi connectivity index (χ0n) is 13.6. The van der Waals surface area contributed by atoms with Crippen molar-refractivity contribution in [3.8, 4) is 0 Å². The molecule has 2 amide bonds. The fraction of sp³-hybridized carbons (Fsp3) is 0.353. The first kappa shape index (κ1) is 17.3. The number of carbonyl (C=O) groups is 2. The highest BCUT2D eigenvalue weighted by molar-refractivity contribution is 8.00. The second-order valence-corrected chi connectivity index (χ2v) is 7.16. The van der Waals surface area contributed by atoms with Gasteiger partial charge in [-0.1, -0.05) is 36.0 Å². The molecule has 0 fully saturated rings. The van der Waals surface area contributed by atoms with Gasteiger partial charge in [0.1, 0.15) is 5.03 Å². The van der Waals surface area contributed by atoms with E-state index in [4.69, 9.17) is 0 Å². The molecule has 0 bridgehead atoms. The predicted molar refractivity (Wildman–Crippen MR) is 93.4 cm³/mol. The average molecular weight is 331 g/mol. The number of nitrogens with one attached hydrogen (secondary N) is 2. The van der Waals surface area contributed by atoms with Crippen molar-refractivity contribution in [3.63, 3.8) is 0 Å². The molecule has 1 aromatic carbocycles. The quantitative estimate of drug-likeness (QED) is 0.825. The molecule has 2 N–H and O–H groups in total. The molecule has 0 unspecified atom stereocenters. The van der Waals surface area contributed by atoms with E-state index in [0.29, 0.717) is 0 Å². The maximum absolute atomic E-state index is 11.9. The maximum atomic E-state index is 11.9. The van der Waals surface area contributed by atoms with Crippen LogP contribution in [0.2, 0.25) is 0 Å². The molecule has 0 saturated heterocycles. The van der Waals surface area contributed by atoms with Crippen molar-refractivity contribution in [2.45, 2.75) is 31.3 Å². The Bertz CT molecular complexity index is 705. The van der Waals surface area contributed by atoms with E-state index in [1.165, 1.54) is 11.8 Å². The minimum Gasteiger partial charge on any atom is -0.350 e. The van der Waals surface area contributed by atoms with Crippen molar-refractivity contribution >= 4 is 34.3 Å². The zero-order chi connectivity index (χ0) is 16.9. The van der Waals surface area contributed by atoms with Crippen LogP contribution in [0.5, 0.6) is 0 Å². The van der Waals surface area contributed by atoms with Crippen molar-refractivity contribution in [1.29, 1.82) is 0 Å². The second-order valence-electron chi connectivity index (χ2n) is 6.20. The average Bonchev–Trinajstić information content (AvgIpc) is 2.49. The molecule has 0 spiro atoms. The summed E-state index contributed by atoms with van der Waals surface area (Å²) >= 11 is 1.37. The topological polar surface area (TPSA) is 71.1 Å². The van der Waals surface area contributed by atoms with Gasteiger partial charge in [0.15, 0.2) is 0 Å². The number of pyridine rings is 1. The van der Waals surface area contributed by atoms with Crippen LogP contribution in [0.25, 0.3) is 10.8 Å². The lowest BCUT2D eigenvalue weighted by Crippen LogP contribution is -2.46. The first-order chi connectivity index (χ1) is 10.8. The van der Waals surface area contributed by atoms with Crippen LogP contribution < -0.4 is 10.6 Å². The molecule has 122 valence electrons. The molecule has 23 heavy (non-hydrogen) atoms. The molecule has 0 atom stereocenters. The molecule has 0 aliphatic carbocycles. The summed E-state index contributed by atoms with van der Waals surface area (Å²) in [5.41, 5.74) is -0.302. The molecular weight excluding hydrogens is 310 g/mol. The highest BCUT2D eigenvalue weighted by atomic mass is 32.2. The first-order valence-corrected chi connectivity index (χ1v) is 8.38. The Hall–Kier alpha value is -2.08. The van der Waals surface area contributed by atoms with E-state index in [1.54, 1.807) is 6.20 Å². The minimum absolute atomic E-state index is 0.0143. The molecule has 5 nitrogen and oxygen atoms in total. The van der Waals surface area contributed by atoms with Gasteiger partial charge in [-0.3, -0.25) is 9.59 Å². The number of rotatable bonds is 5. The minimum atomic E-state index is -0.302. The number of nitrogens with zero attached hydrogens (tertiary/aromatic N) is 1. The molecule has 1 heterocycles. The van der Waals surface area contributed by atoms with Gasteiger partial charge in [0.05, 0.1) is 12.3 Å². The number of amides is 2. The van der Waals surface area contributed by atoms with Crippen LogP contribution in [0.1, 0.15) is 20.8 Å². The Morgan fingerprint density at radius 2 is 1.87 bits per heavy atom. The summed E-state index contributed by atoms with van der Waals surface area (Å²) in [5.74, 6) is -0.156. The molecule has 6 heteroatoms. The van der Waals surface area contributed by atoms with Crippen molar-refractivity contribution in [2.75, 3.05) is 12.3 Å². The van der Waals surface area contributed by atoms with Crippen molar-refractivity contribution in [2.24, 2.45) is 0 Å². The summed E-state index contributed by atoms with van der Waals surface area (Å²) in [7, 11) is 0. The predicted octanol–water partition coefficient (Wildman–Crippen LogP) is 2.36. The van der Waals surface area contributed by atoms with Gasteiger partial charge in [0, 0.05) is 17.1 Å². The van der Waals surface area contributed by atoms with Crippen molar-refractivity contribution in [3.05, 3.63) is 36.5 Å². The van der Waals surface area contributed by atoms with E-state index in [9.17, 15) is 9.59 Å². The van der Waals surface area contributed by atoms with E-state index in [1.807, 2.05) is 51.1 Å². The van der Waals surface area contributed by atoms with Crippen LogP contribution in [0.4, 0.5) is 0 Å². The van der Waals surface area contributed by atoms with Crippen LogP contribution in [-0.4, -0.2) is 34.6 Å². The summed E-state index contributed by atoms with van der Waals surface area (Å²) in [5, 5.41) is 8.36. The fourth-order valence-corrected chi connectivity index (χ4v) is 2.88. The number of carbonyl (C=O) groups excluding carboxylic acids is 2. The smallest absolute Gasteiger partial charge is 0.239 e. The largest absolute Gasteiger partial charge is 0.350 e. The second kappa shape index (κ2) is 7.46. The Kier molecular flexibility index (Phi) is 5.60. The number of thioether (sulfide) groups is 1. The monoisotopic (exact) mass is 331 g/mol. The Labute approximate surface area is 140 Å². The molecule has 0 aliphatic heterocycles. The van der Waals surface area contributed by atoms with Crippen LogP contribution >= 0.6 is 11.8 Å². The number of aromatic nitrogens is 1. The third-order valence-corrected chi connectivity index (χ3v) is 3.94. The summed E-state index contributed by atoms with van der Waals surface area (Å²) in [6.45, 7) is 5.68. The summed E-state index contributed by atoms with van der Waals surface area (Å²) < 4.78 is 0. The summed E-state index contributed by atoms with van der Waals surface area (Å²) in [4.78, 5) is 27.9. The van der Waals surface area contributed by atoms with E-state index in [0.717, 1.165) is 15.8 Å². The number of benzene rings is 1. The van der Waals surface area contributed by atoms with E-state index in [2.05, 4.69) is 15.6 Å². The zero-order valence-corrected chi connectivity index (χ0v) is 14.4. The van der Waals surface area contributed by atoms with Gasteiger partial charge in [0.25, 0.3) is 0 Å². The fourth-order valence-electron chi connectivity index (χ4n) is 2.03. The lowest BCUT2D eigenvalue weighted by atomic mass is 10.1. The number of hydrogen-bond donors (Lipinski definition) is 2. The van der Waals surface area contributed by atoms with E-state index in [-0.39, 0.29) is 29.7 Å². The summed E-state index contributed by atoms with van der Waals surface area (Å²) in [6.07, 6.45) is 1.74. The van der Waals surface area contributed by atoms with Crippen molar-refractivity contribution in [1.82, 2.24) is 15.6 Å². The molecule has 2 aromatic rings. The third kappa shape index (κ3) is 5.56. The van der Waals surface area contributed by atoms with Gasteiger partial charge in [-0.05, 0) is 32.2 Å². The number of fused-ring (bicyclic) bond motifs is 1. The van der Waals surface area contributed by atoms with Crippen molar-refractivity contribution < 1.29 is 9.59 Å². The van der Waals surface area contributed by atoms with Crippen LogP contribution in [0.3, 0.4) is 0 Å². The Morgan fingerprint density at radius 1 is 1.13 bits per heavy atom. The van der Waals surface area contributed by atoms with Gasteiger partial charge in [-0.15, -0.1) is 0 Å². The van der Waals surface area contributed by atoms with Gasteiger partial charge < -0.3 is 10.6 Å². The lowest BCUT2D eigenvalue weighted by molar-refractivity contribution is -0.125. The Balaban J connectivity index is 1.86. The molecule has 0 saturated carbocycles.